The SMILES string of the molecule is CCOC(=O)n1c(O)c(-c2ccc3ccccc3n2)c2ccccc21. The lowest BCUT2D eigenvalue weighted by Crippen LogP contribution is -2.12. The van der Waals surface area contributed by atoms with Gasteiger partial charge in [0.05, 0.1) is 28.9 Å². The zero-order valence-corrected chi connectivity index (χ0v) is 13.6. The van der Waals surface area contributed by atoms with E-state index >= 15 is 0 Å². The van der Waals surface area contributed by atoms with Crippen LogP contribution in [0.4, 0.5) is 4.79 Å². The normalized spacial score (nSPS) is 11.1. The van der Waals surface area contributed by atoms with E-state index in [1.165, 1.54) is 4.57 Å². The lowest BCUT2D eigenvalue weighted by atomic mass is 10.1. The van der Waals surface area contributed by atoms with Gasteiger partial charge in [0.1, 0.15) is 0 Å². The minimum atomic E-state index is -0.608. The average Bonchev–Trinajstić information content (AvgIpc) is 2.93. The summed E-state index contributed by atoms with van der Waals surface area (Å²) in [5.41, 5.74) is 2.54. The molecule has 2 aromatic heterocycles. The predicted octanol–water partition coefficient (Wildman–Crippen LogP) is 4.57. The molecule has 5 nitrogen and oxygen atoms in total. The van der Waals surface area contributed by atoms with Crippen LogP contribution in [0.1, 0.15) is 6.92 Å². The van der Waals surface area contributed by atoms with Crippen molar-refractivity contribution in [2.75, 3.05) is 6.61 Å². The van der Waals surface area contributed by atoms with Crippen LogP contribution in [0.3, 0.4) is 0 Å². The highest BCUT2D eigenvalue weighted by atomic mass is 16.5. The van der Waals surface area contributed by atoms with Crippen molar-refractivity contribution in [3.8, 4) is 17.1 Å². The summed E-state index contributed by atoms with van der Waals surface area (Å²) in [6.45, 7) is 1.96. The van der Waals surface area contributed by atoms with Crippen molar-refractivity contribution in [1.82, 2.24) is 9.55 Å². The maximum Gasteiger partial charge on any atom is 0.421 e. The summed E-state index contributed by atoms with van der Waals surface area (Å²) in [5, 5.41) is 12.5. The van der Waals surface area contributed by atoms with Crippen LogP contribution < -0.4 is 0 Å². The fraction of sp³-hybridized carbons (Fsp3) is 0.100. The molecule has 5 heteroatoms. The van der Waals surface area contributed by atoms with Gasteiger partial charge in [-0.05, 0) is 25.1 Å². The third-order valence-corrected chi connectivity index (χ3v) is 4.15. The van der Waals surface area contributed by atoms with E-state index in [1.54, 1.807) is 13.0 Å². The molecule has 4 rings (SSSR count). The van der Waals surface area contributed by atoms with Crippen LogP contribution in [0.15, 0.2) is 60.7 Å². The Balaban J connectivity index is 2.00. The minimum absolute atomic E-state index is 0.164. The molecule has 4 aromatic rings. The van der Waals surface area contributed by atoms with Gasteiger partial charge in [0.25, 0.3) is 0 Å². The van der Waals surface area contributed by atoms with Gasteiger partial charge in [-0.25, -0.2) is 14.3 Å². The molecule has 0 bridgehead atoms. The van der Waals surface area contributed by atoms with E-state index in [1.807, 2.05) is 54.6 Å². The predicted molar refractivity (Wildman–Crippen MR) is 96.8 cm³/mol. The number of benzene rings is 2. The molecule has 0 amide bonds. The first-order valence-corrected chi connectivity index (χ1v) is 8.06. The molecular weight excluding hydrogens is 316 g/mol. The summed E-state index contributed by atoms with van der Waals surface area (Å²) in [7, 11) is 0. The number of aromatic hydroxyl groups is 1. The molecule has 0 aliphatic carbocycles. The maximum atomic E-state index is 12.3. The Morgan fingerprint density at radius 2 is 1.84 bits per heavy atom. The van der Waals surface area contributed by atoms with Crippen LogP contribution in [-0.4, -0.2) is 27.4 Å². The van der Waals surface area contributed by atoms with Gasteiger partial charge in [-0.2, -0.15) is 0 Å². The fourth-order valence-electron chi connectivity index (χ4n) is 3.06. The van der Waals surface area contributed by atoms with Gasteiger partial charge in [0, 0.05) is 10.8 Å². The molecule has 0 spiro atoms. The Morgan fingerprint density at radius 3 is 2.68 bits per heavy atom. The second-order valence-corrected chi connectivity index (χ2v) is 5.64. The number of hydrogen-bond acceptors (Lipinski definition) is 4. The summed E-state index contributed by atoms with van der Waals surface area (Å²) in [6.07, 6.45) is -0.608. The molecular formula is C20H16N2O3. The monoisotopic (exact) mass is 332 g/mol. The van der Waals surface area contributed by atoms with Crippen LogP contribution in [0.2, 0.25) is 0 Å². The van der Waals surface area contributed by atoms with Crippen LogP contribution in [0.25, 0.3) is 33.1 Å². The molecule has 0 atom stereocenters. The highest BCUT2D eigenvalue weighted by Crippen LogP contribution is 2.39. The number of hydrogen-bond donors (Lipinski definition) is 1. The molecule has 0 aliphatic heterocycles. The lowest BCUT2D eigenvalue weighted by molar-refractivity contribution is 0.152. The number of carbonyl (C=O) groups excluding carboxylic acids is 1. The number of aromatic nitrogens is 2. The highest BCUT2D eigenvalue weighted by Gasteiger charge is 2.23. The molecule has 25 heavy (non-hydrogen) atoms. The van der Waals surface area contributed by atoms with Crippen LogP contribution in [-0.2, 0) is 4.74 Å². The number of carbonyl (C=O) groups is 1. The Bertz CT molecular complexity index is 1100. The number of nitrogens with zero attached hydrogens (tertiary/aromatic N) is 2. The number of ether oxygens (including phenoxy) is 1. The molecule has 124 valence electrons. The van der Waals surface area contributed by atoms with E-state index in [9.17, 15) is 9.90 Å². The first-order valence-electron chi connectivity index (χ1n) is 8.06. The van der Waals surface area contributed by atoms with Crippen molar-refractivity contribution in [2.24, 2.45) is 0 Å². The Labute approximate surface area is 144 Å². The average molecular weight is 332 g/mol. The number of para-hydroxylation sites is 2. The Kier molecular flexibility index (Phi) is 3.61. The van der Waals surface area contributed by atoms with Gasteiger partial charge >= 0.3 is 6.09 Å². The summed E-state index contributed by atoms with van der Waals surface area (Å²) in [6, 6.07) is 18.9. The second kappa shape index (κ2) is 5.94. The maximum absolute atomic E-state index is 12.3. The number of rotatable bonds is 2. The largest absolute Gasteiger partial charge is 0.494 e. The third-order valence-electron chi connectivity index (χ3n) is 4.15. The van der Waals surface area contributed by atoms with E-state index in [2.05, 4.69) is 4.98 Å². The molecule has 0 saturated heterocycles. The van der Waals surface area contributed by atoms with Gasteiger partial charge in [-0.3, -0.25) is 0 Å². The van der Waals surface area contributed by atoms with Crippen LogP contribution in [0.5, 0.6) is 5.88 Å². The zero-order valence-electron chi connectivity index (χ0n) is 13.6. The quantitative estimate of drug-likeness (QED) is 0.584. The van der Waals surface area contributed by atoms with E-state index in [0.29, 0.717) is 16.8 Å². The van der Waals surface area contributed by atoms with E-state index in [-0.39, 0.29) is 12.5 Å². The molecule has 2 heterocycles. The first-order chi connectivity index (χ1) is 12.2. The van der Waals surface area contributed by atoms with E-state index in [4.69, 9.17) is 4.74 Å². The van der Waals surface area contributed by atoms with Crippen molar-refractivity contribution in [2.45, 2.75) is 6.92 Å². The zero-order chi connectivity index (χ0) is 17.4. The summed E-state index contributed by atoms with van der Waals surface area (Å²) in [4.78, 5) is 16.9. The standard InChI is InChI=1S/C20H16N2O3/c1-2-25-20(24)22-17-10-6-4-8-14(17)18(19(22)23)16-12-11-13-7-3-5-9-15(13)21-16/h3-12,23H,2H2,1H3. The van der Waals surface area contributed by atoms with Crippen LogP contribution in [0, 0.1) is 0 Å². The van der Waals surface area contributed by atoms with Crippen molar-refractivity contribution in [1.29, 1.82) is 0 Å². The molecule has 1 N–H and O–H groups in total. The Hall–Kier alpha value is -3.34. The van der Waals surface area contributed by atoms with Crippen LogP contribution >= 0.6 is 0 Å². The van der Waals surface area contributed by atoms with Gasteiger partial charge in [-0.1, -0.05) is 42.5 Å². The number of fused-ring (bicyclic) bond motifs is 2. The highest BCUT2D eigenvalue weighted by molar-refractivity contribution is 6.04. The summed E-state index contributed by atoms with van der Waals surface area (Å²) >= 11 is 0. The van der Waals surface area contributed by atoms with E-state index in [0.717, 1.165) is 16.3 Å². The lowest BCUT2D eigenvalue weighted by Gasteiger charge is -2.06. The van der Waals surface area contributed by atoms with E-state index < -0.39 is 6.09 Å². The molecule has 0 saturated carbocycles. The summed E-state index contributed by atoms with van der Waals surface area (Å²) in [5.74, 6) is -0.164. The van der Waals surface area contributed by atoms with Gasteiger partial charge in [-0.15, -0.1) is 0 Å². The molecule has 0 fully saturated rings. The fourth-order valence-corrected chi connectivity index (χ4v) is 3.06. The van der Waals surface area contributed by atoms with Crippen molar-refractivity contribution in [3.05, 3.63) is 60.7 Å². The smallest absolute Gasteiger partial charge is 0.421 e. The van der Waals surface area contributed by atoms with Crippen molar-refractivity contribution >= 4 is 27.9 Å². The molecule has 0 aliphatic rings. The molecule has 2 aromatic carbocycles. The molecule has 0 unspecified atom stereocenters. The third kappa shape index (κ3) is 2.41. The topological polar surface area (TPSA) is 64.3 Å². The molecule has 0 radical (unpaired) electrons. The number of pyridine rings is 1. The van der Waals surface area contributed by atoms with Crippen molar-refractivity contribution in [3.63, 3.8) is 0 Å². The van der Waals surface area contributed by atoms with Gasteiger partial charge in [0.2, 0.25) is 5.88 Å². The second-order valence-electron chi connectivity index (χ2n) is 5.64. The van der Waals surface area contributed by atoms with Crippen molar-refractivity contribution < 1.29 is 14.6 Å². The minimum Gasteiger partial charge on any atom is -0.494 e. The summed E-state index contributed by atoms with van der Waals surface area (Å²) < 4.78 is 6.27. The Morgan fingerprint density at radius 1 is 1.08 bits per heavy atom. The van der Waals surface area contributed by atoms with Gasteiger partial charge < -0.3 is 9.84 Å². The van der Waals surface area contributed by atoms with Gasteiger partial charge in [0.15, 0.2) is 0 Å². The first kappa shape index (κ1) is 15.2.